The maximum Gasteiger partial charge on any atom is 0.339 e. The monoisotopic (exact) mass is 221 g/mol. The molecule has 1 atom stereocenters. The molecule has 1 fully saturated rings. The van der Waals surface area contributed by atoms with Crippen LogP contribution in [0.5, 0.6) is 0 Å². The van der Waals surface area contributed by atoms with Crippen molar-refractivity contribution >= 4 is 11.8 Å². The number of anilines is 1. The van der Waals surface area contributed by atoms with E-state index in [1.54, 1.807) is 0 Å². The second kappa shape index (κ2) is 4.47. The summed E-state index contributed by atoms with van der Waals surface area (Å²) < 4.78 is 0. The lowest BCUT2D eigenvalue weighted by Gasteiger charge is -2.32. The number of rotatable bonds is 4. The van der Waals surface area contributed by atoms with E-state index in [1.807, 2.05) is 0 Å². The average Bonchev–Trinajstić information content (AvgIpc) is 2.15. The molecule has 0 aromatic carbocycles. The first-order chi connectivity index (χ1) is 7.68. The normalized spacial score (nSPS) is 17.6. The second-order valence-corrected chi connectivity index (χ2v) is 4.22. The first-order valence-electron chi connectivity index (χ1n) is 5.50. The Morgan fingerprint density at radius 1 is 1.62 bits per heavy atom. The van der Waals surface area contributed by atoms with Gasteiger partial charge in [0.1, 0.15) is 5.56 Å². The average molecular weight is 221 g/mol. The number of aromatic nitrogens is 2. The van der Waals surface area contributed by atoms with Crippen LogP contribution in [0.1, 0.15) is 36.5 Å². The van der Waals surface area contributed by atoms with Gasteiger partial charge in [-0.1, -0.05) is 6.42 Å². The van der Waals surface area contributed by atoms with Crippen LogP contribution in [0.4, 0.5) is 5.82 Å². The molecule has 0 saturated heterocycles. The van der Waals surface area contributed by atoms with Gasteiger partial charge in [-0.25, -0.2) is 4.79 Å². The highest BCUT2D eigenvalue weighted by molar-refractivity contribution is 5.92. The predicted molar refractivity (Wildman–Crippen MR) is 59.4 cm³/mol. The molecular weight excluding hydrogens is 206 g/mol. The maximum absolute atomic E-state index is 10.9. The molecule has 0 amide bonds. The van der Waals surface area contributed by atoms with E-state index in [9.17, 15) is 4.79 Å². The van der Waals surface area contributed by atoms with Gasteiger partial charge in [0.15, 0.2) is 5.82 Å². The first-order valence-corrected chi connectivity index (χ1v) is 5.50. The molecule has 0 bridgehead atoms. The zero-order chi connectivity index (χ0) is 11.5. The number of carboxylic acids is 1. The van der Waals surface area contributed by atoms with Crippen LogP contribution in [0.25, 0.3) is 0 Å². The number of nitrogens with one attached hydrogen (secondary N) is 1. The van der Waals surface area contributed by atoms with Gasteiger partial charge in [-0.05, 0) is 31.7 Å². The van der Waals surface area contributed by atoms with Crippen LogP contribution >= 0.6 is 0 Å². The standard InChI is InChI=1S/C11H15N3O2/c1-7(8-3-2-4-8)13-10-9(11(15)16)5-6-12-14-10/h5-8H,2-4H2,1H3,(H,13,14)(H,15,16). The van der Waals surface area contributed by atoms with Gasteiger partial charge in [0.25, 0.3) is 0 Å². The van der Waals surface area contributed by atoms with E-state index in [0.717, 1.165) is 0 Å². The lowest BCUT2D eigenvalue weighted by atomic mass is 9.80. The summed E-state index contributed by atoms with van der Waals surface area (Å²) in [5.41, 5.74) is 0.182. The Bertz CT molecular complexity index is 391. The fraction of sp³-hybridized carbons (Fsp3) is 0.545. The van der Waals surface area contributed by atoms with Crippen LogP contribution in [0.2, 0.25) is 0 Å². The van der Waals surface area contributed by atoms with Crippen molar-refractivity contribution in [3.63, 3.8) is 0 Å². The number of hydrogen-bond donors (Lipinski definition) is 2. The number of hydrogen-bond acceptors (Lipinski definition) is 4. The van der Waals surface area contributed by atoms with Crippen LogP contribution in [0, 0.1) is 5.92 Å². The van der Waals surface area contributed by atoms with E-state index in [0.29, 0.717) is 11.7 Å². The van der Waals surface area contributed by atoms with Gasteiger partial charge in [0.2, 0.25) is 0 Å². The summed E-state index contributed by atoms with van der Waals surface area (Å²) in [7, 11) is 0. The molecule has 86 valence electrons. The SMILES string of the molecule is CC(Nc1nnccc1C(=O)O)C1CCC1. The molecule has 0 aliphatic heterocycles. The van der Waals surface area contributed by atoms with Gasteiger partial charge in [-0.15, -0.1) is 5.10 Å². The summed E-state index contributed by atoms with van der Waals surface area (Å²) in [6, 6.07) is 1.72. The molecule has 1 aliphatic carbocycles. The Labute approximate surface area is 93.9 Å². The minimum absolute atomic E-state index is 0.182. The summed E-state index contributed by atoms with van der Waals surface area (Å²) >= 11 is 0. The molecule has 1 aliphatic rings. The number of nitrogens with zero attached hydrogens (tertiary/aromatic N) is 2. The smallest absolute Gasteiger partial charge is 0.339 e. The third-order valence-electron chi connectivity index (χ3n) is 3.17. The fourth-order valence-corrected chi connectivity index (χ4v) is 1.88. The van der Waals surface area contributed by atoms with Crippen molar-refractivity contribution in [2.24, 2.45) is 5.92 Å². The van der Waals surface area contributed by atoms with Gasteiger partial charge in [-0.3, -0.25) is 0 Å². The summed E-state index contributed by atoms with van der Waals surface area (Å²) in [5.74, 6) is 0.0243. The second-order valence-electron chi connectivity index (χ2n) is 4.22. The van der Waals surface area contributed by atoms with Crippen LogP contribution in [-0.4, -0.2) is 27.3 Å². The maximum atomic E-state index is 10.9. The van der Waals surface area contributed by atoms with Crippen molar-refractivity contribution in [3.05, 3.63) is 17.8 Å². The van der Waals surface area contributed by atoms with Crippen LogP contribution in [0.15, 0.2) is 12.3 Å². The van der Waals surface area contributed by atoms with E-state index in [1.165, 1.54) is 31.5 Å². The largest absolute Gasteiger partial charge is 0.478 e. The molecule has 2 N–H and O–H groups in total. The quantitative estimate of drug-likeness (QED) is 0.810. The Hall–Kier alpha value is -1.65. The van der Waals surface area contributed by atoms with Gasteiger partial charge in [-0.2, -0.15) is 5.10 Å². The third kappa shape index (κ3) is 2.13. The fourth-order valence-electron chi connectivity index (χ4n) is 1.88. The highest BCUT2D eigenvalue weighted by atomic mass is 16.4. The van der Waals surface area contributed by atoms with Gasteiger partial charge < -0.3 is 10.4 Å². The van der Waals surface area contributed by atoms with Crippen molar-refractivity contribution in [3.8, 4) is 0 Å². The minimum Gasteiger partial charge on any atom is -0.478 e. The Balaban J connectivity index is 2.10. The Kier molecular flexibility index (Phi) is 3.03. The molecule has 16 heavy (non-hydrogen) atoms. The van der Waals surface area contributed by atoms with Crippen molar-refractivity contribution in [2.45, 2.75) is 32.2 Å². The molecule has 5 nitrogen and oxygen atoms in total. The molecule has 1 heterocycles. The highest BCUT2D eigenvalue weighted by Crippen LogP contribution is 2.31. The van der Waals surface area contributed by atoms with Gasteiger partial charge in [0, 0.05) is 6.04 Å². The van der Waals surface area contributed by atoms with Crippen LogP contribution in [-0.2, 0) is 0 Å². The minimum atomic E-state index is -0.974. The number of carboxylic acid groups (broad SMARTS) is 1. The summed E-state index contributed by atoms with van der Waals surface area (Å²) in [6.45, 7) is 2.06. The molecule has 1 aromatic rings. The number of carbonyl (C=O) groups is 1. The van der Waals surface area contributed by atoms with Crippen molar-refractivity contribution in [1.29, 1.82) is 0 Å². The molecule has 0 spiro atoms. The molecule has 5 heteroatoms. The molecule has 1 aromatic heterocycles. The molecule has 1 unspecified atom stereocenters. The zero-order valence-electron chi connectivity index (χ0n) is 9.18. The van der Waals surface area contributed by atoms with Gasteiger partial charge in [0.05, 0.1) is 6.20 Å². The van der Waals surface area contributed by atoms with E-state index in [2.05, 4.69) is 22.4 Å². The summed E-state index contributed by atoms with van der Waals surface area (Å²) in [5, 5.41) is 19.7. The van der Waals surface area contributed by atoms with Crippen molar-refractivity contribution in [2.75, 3.05) is 5.32 Å². The van der Waals surface area contributed by atoms with Crippen molar-refractivity contribution in [1.82, 2.24) is 10.2 Å². The topological polar surface area (TPSA) is 75.1 Å². The molecule has 0 radical (unpaired) electrons. The zero-order valence-corrected chi connectivity index (χ0v) is 9.18. The third-order valence-corrected chi connectivity index (χ3v) is 3.17. The molecule has 1 saturated carbocycles. The van der Waals surface area contributed by atoms with Crippen LogP contribution in [0.3, 0.4) is 0 Å². The number of aromatic carboxylic acids is 1. The van der Waals surface area contributed by atoms with Crippen LogP contribution < -0.4 is 5.32 Å². The summed E-state index contributed by atoms with van der Waals surface area (Å²) in [4.78, 5) is 10.9. The van der Waals surface area contributed by atoms with Crippen molar-refractivity contribution < 1.29 is 9.90 Å². The molecular formula is C11H15N3O2. The van der Waals surface area contributed by atoms with E-state index in [4.69, 9.17) is 5.11 Å². The lowest BCUT2D eigenvalue weighted by Crippen LogP contribution is -2.31. The van der Waals surface area contributed by atoms with E-state index < -0.39 is 5.97 Å². The first kappa shape index (κ1) is 10.9. The van der Waals surface area contributed by atoms with E-state index in [-0.39, 0.29) is 11.6 Å². The Morgan fingerprint density at radius 3 is 2.94 bits per heavy atom. The summed E-state index contributed by atoms with van der Waals surface area (Å²) in [6.07, 6.45) is 5.07. The Morgan fingerprint density at radius 2 is 2.38 bits per heavy atom. The van der Waals surface area contributed by atoms with Gasteiger partial charge >= 0.3 is 5.97 Å². The lowest BCUT2D eigenvalue weighted by molar-refractivity contribution is 0.0697. The van der Waals surface area contributed by atoms with E-state index >= 15 is 0 Å². The predicted octanol–water partition coefficient (Wildman–Crippen LogP) is 1.78. The highest BCUT2D eigenvalue weighted by Gasteiger charge is 2.25. The molecule has 2 rings (SSSR count).